The van der Waals surface area contributed by atoms with Crippen molar-refractivity contribution >= 4 is 5.95 Å². The van der Waals surface area contributed by atoms with E-state index in [1.54, 1.807) is 21.6 Å². The number of anilines is 1. The second-order valence-corrected chi connectivity index (χ2v) is 3.23. The van der Waals surface area contributed by atoms with Crippen molar-refractivity contribution in [2.45, 2.75) is 26.4 Å². The average molecular weight is 207 g/mol. The van der Waals surface area contributed by atoms with Crippen LogP contribution in [0.5, 0.6) is 0 Å². The van der Waals surface area contributed by atoms with Crippen LogP contribution >= 0.6 is 0 Å². The van der Waals surface area contributed by atoms with Crippen LogP contribution in [0.1, 0.15) is 19.2 Å². The van der Waals surface area contributed by atoms with Gasteiger partial charge < -0.3 is 10.3 Å². The third-order valence-corrected chi connectivity index (χ3v) is 2.10. The number of nitrogens with two attached hydrogens (primary N) is 1. The third-order valence-electron chi connectivity index (χ3n) is 2.10. The van der Waals surface area contributed by atoms with E-state index >= 15 is 0 Å². The van der Waals surface area contributed by atoms with Gasteiger partial charge in [0.1, 0.15) is 0 Å². The molecule has 0 unspecified atom stereocenters. The maximum Gasteiger partial charge on any atom is 0.200 e. The maximum atomic E-state index is 5.66. The molecule has 2 N–H and O–H groups in total. The van der Waals surface area contributed by atoms with E-state index in [2.05, 4.69) is 27.4 Å². The van der Waals surface area contributed by atoms with Gasteiger partial charge in [-0.25, -0.2) is 9.67 Å². The quantitative estimate of drug-likeness (QED) is 0.757. The standard InChI is InChI=1S/C8H13N7/c1-2-4-15-7(11-12-13-15)6-14-5-3-10-8(14)9/h3,5H,2,4,6H2,1H3,(H2,9,10). The molecule has 80 valence electrons. The molecule has 7 nitrogen and oxygen atoms in total. The summed E-state index contributed by atoms with van der Waals surface area (Å²) in [6.07, 6.45) is 4.46. The highest BCUT2D eigenvalue weighted by Crippen LogP contribution is 2.03. The summed E-state index contributed by atoms with van der Waals surface area (Å²) < 4.78 is 3.58. The van der Waals surface area contributed by atoms with Crippen LogP contribution in [0.4, 0.5) is 5.95 Å². The largest absolute Gasteiger partial charge is 0.369 e. The van der Waals surface area contributed by atoms with Gasteiger partial charge in [0.25, 0.3) is 0 Å². The number of aryl methyl sites for hydroxylation is 1. The minimum atomic E-state index is 0.473. The molecule has 2 aromatic rings. The fourth-order valence-electron chi connectivity index (χ4n) is 1.35. The van der Waals surface area contributed by atoms with Gasteiger partial charge in [0.15, 0.2) is 5.82 Å². The van der Waals surface area contributed by atoms with Crippen LogP contribution < -0.4 is 5.73 Å². The highest BCUT2D eigenvalue weighted by Gasteiger charge is 2.07. The van der Waals surface area contributed by atoms with Gasteiger partial charge in [-0.15, -0.1) is 5.10 Å². The Balaban J connectivity index is 2.17. The number of imidazole rings is 1. The zero-order chi connectivity index (χ0) is 10.7. The van der Waals surface area contributed by atoms with Crippen molar-refractivity contribution in [2.75, 3.05) is 5.73 Å². The molecule has 0 radical (unpaired) electrons. The van der Waals surface area contributed by atoms with E-state index in [1.807, 2.05) is 0 Å². The molecule has 15 heavy (non-hydrogen) atoms. The molecule has 0 spiro atoms. The molecule has 0 aliphatic carbocycles. The van der Waals surface area contributed by atoms with Gasteiger partial charge >= 0.3 is 0 Å². The van der Waals surface area contributed by atoms with E-state index in [-0.39, 0.29) is 0 Å². The Labute approximate surface area is 86.9 Å². The molecule has 2 heterocycles. The molecule has 0 amide bonds. The van der Waals surface area contributed by atoms with Gasteiger partial charge in [-0.1, -0.05) is 6.92 Å². The monoisotopic (exact) mass is 207 g/mol. The molecule has 0 fully saturated rings. The normalized spacial score (nSPS) is 10.7. The van der Waals surface area contributed by atoms with E-state index in [0.717, 1.165) is 18.8 Å². The van der Waals surface area contributed by atoms with Crippen LogP contribution in [0.25, 0.3) is 0 Å². The second kappa shape index (κ2) is 4.07. The molecular formula is C8H13N7. The Morgan fingerprint density at radius 3 is 3.00 bits per heavy atom. The van der Waals surface area contributed by atoms with Crippen molar-refractivity contribution in [1.82, 2.24) is 29.8 Å². The molecule has 0 aliphatic heterocycles. The lowest BCUT2D eigenvalue weighted by Crippen LogP contribution is -2.11. The third kappa shape index (κ3) is 1.95. The van der Waals surface area contributed by atoms with Crippen LogP contribution in [0.3, 0.4) is 0 Å². The van der Waals surface area contributed by atoms with Crippen molar-refractivity contribution in [3.05, 3.63) is 18.2 Å². The number of nitrogens with zero attached hydrogens (tertiary/aromatic N) is 6. The summed E-state index contributed by atoms with van der Waals surface area (Å²) in [5.41, 5.74) is 5.66. The van der Waals surface area contributed by atoms with Crippen molar-refractivity contribution < 1.29 is 0 Å². The summed E-state index contributed by atoms with van der Waals surface area (Å²) in [4.78, 5) is 3.94. The fourth-order valence-corrected chi connectivity index (χ4v) is 1.35. The Morgan fingerprint density at radius 1 is 1.47 bits per heavy atom. The molecule has 0 aliphatic rings. The van der Waals surface area contributed by atoms with Gasteiger partial charge in [0.2, 0.25) is 5.95 Å². The Bertz CT molecular complexity index is 430. The molecule has 0 aromatic carbocycles. The molecule has 0 bridgehead atoms. The van der Waals surface area contributed by atoms with Crippen molar-refractivity contribution in [1.29, 1.82) is 0 Å². The zero-order valence-electron chi connectivity index (χ0n) is 8.54. The lowest BCUT2D eigenvalue weighted by Gasteiger charge is -2.04. The number of tetrazole rings is 1. The van der Waals surface area contributed by atoms with Crippen LogP contribution in [-0.2, 0) is 13.1 Å². The van der Waals surface area contributed by atoms with Gasteiger partial charge in [-0.2, -0.15) is 0 Å². The number of aromatic nitrogens is 6. The predicted molar refractivity (Wildman–Crippen MR) is 53.8 cm³/mol. The Kier molecular flexibility index (Phi) is 2.61. The number of rotatable bonds is 4. The lowest BCUT2D eigenvalue weighted by atomic mass is 10.4. The van der Waals surface area contributed by atoms with Gasteiger partial charge in [0, 0.05) is 18.9 Å². The van der Waals surface area contributed by atoms with Crippen LogP contribution in [0.15, 0.2) is 12.4 Å². The van der Waals surface area contributed by atoms with Crippen molar-refractivity contribution in [3.8, 4) is 0 Å². The maximum absolute atomic E-state index is 5.66. The molecule has 0 atom stereocenters. The van der Waals surface area contributed by atoms with Crippen LogP contribution in [0.2, 0.25) is 0 Å². The van der Waals surface area contributed by atoms with Gasteiger partial charge in [0.05, 0.1) is 6.54 Å². The number of hydrogen-bond acceptors (Lipinski definition) is 5. The summed E-state index contributed by atoms with van der Waals surface area (Å²) in [6.45, 7) is 3.45. The van der Waals surface area contributed by atoms with E-state index < -0.39 is 0 Å². The first-order valence-electron chi connectivity index (χ1n) is 4.83. The SMILES string of the molecule is CCCn1nnnc1Cn1ccnc1N. The van der Waals surface area contributed by atoms with E-state index in [9.17, 15) is 0 Å². The summed E-state index contributed by atoms with van der Waals surface area (Å²) in [7, 11) is 0. The van der Waals surface area contributed by atoms with Crippen molar-refractivity contribution in [3.63, 3.8) is 0 Å². The molecule has 2 aromatic heterocycles. The summed E-state index contributed by atoms with van der Waals surface area (Å²) in [6, 6.07) is 0. The van der Waals surface area contributed by atoms with E-state index in [0.29, 0.717) is 12.5 Å². The van der Waals surface area contributed by atoms with E-state index in [4.69, 9.17) is 5.73 Å². The zero-order valence-corrected chi connectivity index (χ0v) is 8.54. The Hall–Kier alpha value is -1.92. The highest BCUT2D eigenvalue weighted by atomic mass is 15.5. The first-order valence-corrected chi connectivity index (χ1v) is 4.83. The first kappa shape index (κ1) is 9.63. The number of hydrogen-bond donors (Lipinski definition) is 1. The first-order chi connectivity index (χ1) is 7.31. The van der Waals surface area contributed by atoms with E-state index in [1.165, 1.54) is 0 Å². The molecule has 0 saturated carbocycles. The smallest absolute Gasteiger partial charge is 0.200 e. The Morgan fingerprint density at radius 2 is 2.33 bits per heavy atom. The average Bonchev–Trinajstić information content (AvgIpc) is 2.80. The minimum Gasteiger partial charge on any atom is -0.369 e. The topological polar surface area (TPSA) is 87.4 Å². The van der Waals surface area contributed by atoms with Gasteiger partial charge in [-0.05, 0) is 16.8 Å². The van der Waals surface area contributed by atoms with Crippen LogP contribution in [-0.4, -0.2) is 29.8 Å². The molecular weight excluding hydrogens is 194 g/mol. The lowest BCUT2D eigenvalue weighted by molar-refractivity contribution is 0.544. The highest BCUT2D eigenvalue weighted by molar-refractivity contribution is 5.17. The summed E-state index contributed by atoms with van der Waals surface area (Å²) in [5.74, 6) is 1.27. The number of nitrogen functional groups attached to an aromatic ring is 1. The summed E-state index contributed by atoms with van der Waals surface area (Å²) in [5, 5.41) is 11.5. The van der Waals surface area contributed by atoms with Crippen molar-refractivity contribution in [2.24, 2.45) is 0 Å². The molecule has 7 heteroatoms. The van der Waals surface area contributed by atoms with Crippen LogP contribution in [0, 0.1) is 0 Å². The summed E-state index contributed by atoms with van der Waals surface area (Å²) >= 11 is 0. The second-order valence-electron chi connectivity index (χ2n) is 3.23. The predicted octanol–water partition coefficient (Wildman–Crippen LogP) is -0.0899. The van der Waals surface area contributed by atoms with Gasteiger partial charge in [-0.3, -0.25) is 0 Å². The fraction of sp³-hybridized carbons (Fsp3) is 0.500. The molecule has 2 rings (SSSR count). The minimum absolute atomic E-state index is 0.473. The molecule has 0 saturated heterocycles.